The van der Waals surface area contributed by atoms with E-state index in [4.69, 9.17) is 9.51 Å². The Morgan fingerprint density at radius 3 is 2.57 bits per heavy atom. The molecule has 4 rings (SSSR count). The summed E-state index contributed by atoms with van der Waals surface area (Å²) in [6.45, 7) is 6.41. The summed E-state index contributed by atoms with van der Waals surface area (Å²) in [5.41, 5.74) is 4.12. The number of rotatable bonds is 5. The lowest BCUT2D eigenvalue weighted by Gasteiger charge is -2.31. The second kappa shape index (κ2) is 8.19. The van der Waals surface area contributed by atoms with E-state index in [1.165, 1.54) is 45.1 Å². The molecule has 2 aliphatic rings. The molecule has 152 valence electrons. The van der Waals surface area contributed by atoms with E-state index in [0.717, 1.165) is 53.1 Å². The molecule has 1 saturated carbocycles. The summed E-state index contributed by atoms with van der Waals surface area (Å²) >= 11 is 0. The maximum Gasteiger partial charge on any atom is 0.225 e. The first-order chi connectivity index (χ1) is 13.5. The highest BCUT2D eigenvalue weighted by Crippen LogP contribution is 2.39. The molecule has 6 nitrogen and oxygen atoms in total. The molecule has 1 aliphatic heterocycles. The van der Waals surface area contributed by atoms with Crippen LogP contribution in [0.3, 0.4) is 0 Å². The van der Waals surface area contributed by atoms with Crippen molar-refractivity contribution in [1.29, 1.82) is 0 Å². The molecule has 6 heteroatoms. The van der Waals surface area contributed by atoms with Gasteiger partial charge in [-0.3, -0.25) is 4.90 Å². The van der Waals surface area contributed by atoms with E-state index in [1.807, 2.05) is 32.1 Å². The van der Waals surface area contributed by atoms with Crippen LogP contribution in [-0.2, 0) is 0 Å². The van der Waals surface area contributed by atoms with Crippen LogP contribution in [0.2, 0.25) is 0 Å². The van der Waals surface area contributed by atoms with Crippen molar-refractivity contribution < 1.29 is 4.52 Å². The van der Waals surface area contributed by atoms with Gasteiger partial charge in [-0.15, -0.1) is 0 Å². The Balaban J connectivity index is 1.69. The lowest BCUT2D eigenvalue weighted by atomic mass is 9.88. The van der Waals surface area contributed by atoms with Crippen molar-refractivity contribution in [2.45, 2.75) is 64.8 Å². The van der Waals surface area contributed by atoms with Crippen LogP contribution in [0.15, 0.2) is 10.7 Å². The fourth-order valence-corrected chi connectivity index (χ4v) is 4.75. The minimum atomic E-state index is 0.337. The van der Waals surface area contributed by atoms with Crippen LogP contribution in [0.1, 0.15) is 67.9 Å². The largest absolute Gasteiger partial charge is 0.356 e. The highest BCUT2D eigenvalue weighted by atomic mass is 16.5. The maximum atomic E-state index is 5.70. The topological polar surface area (TPSA) is 58.3 Å². The van der Waals surface area contributed by atoms with Gasteiger partial charge in [0, 0.05) is 32.4 Å². The van der Waals surface area contributed by atoms with Gasteiger partial charge in [0.1, 0.15) is 0 Å². The van der Waals surface area contributed by atoms with E-state index >= 15 is 0 Å². The molecule has 0 bridgehead atoms. The van der Waals surface area contributed by atoms with E-state index in [0.29, 0.717) is 6.04 Å². The van der Waals surface area contributed by atoms with Gasteiger partial charge in [0.05, 0.1) is 23.0 Å². The second-order valence-electron chi connectivity index (χ2n) is 8.74. The molecule has 0 aromatic carbocycles. The van der Waals surface area contributed by atoms with Crippen LogP contribution in [-0.4, -0.2) is 47.2 Å². The first-order valence-electron chi connectivity index (χ1n) is 10.8. The second-order valence-corrected chi connectivity index (χ2v) is 8.74. The number of aromatic nitrogens is 3. The summed E-state index contributed by atoms with van der Waals surface area (Å²) in [6, 6.07) is 0.337. The fourth-order valence-electron chi connectivity index (χ4n) is 4.75. The van der Waals surface area contributed by atoms with Gasteiger partial charge < -0.3 is 9.42 Å². The molecule has 2 aromatic rings. The van der Waals surface area contributed by atoms with E-state index in [-0.39, 0.29) is 0 Å². The van der Waals surface area contributed by atoms with Crippen LogP contribution in [0.4, 0.5) is 5.95 Å². The molecule has 0 amide bonds. The lowest BCUT2D eigenvalue weighted by molar-refractivity contribution is 0.186. The third-order valence-corrected chi connectivity index (χ3v) is 6.50. The summed E-state index contributed by atoms with van der Waals surface area (Å²) in [4.78, 5) is 14.2. The molecule has 0 radical (unpaired) electrons. The van der Waals surface area contributed by atoms with Gasteiger partial charge in [0.2, 0.25) is 5.95 Å². The van der Waals surface area contributed by atoms with Crippen molar-refractivity contribution >= 4 is 5.95 Å². The number of hydrogen-bond donors (Lipinski definition) is 0. The van der Waals surface area contributed by atoms with Crippen molar-refractivity contribution in [3.05, 3.63) is 23.1 Å². The average molecular weight is 384 g/mol. The van der Waals surface area contributed by atoms with Gasteiger partial charge in [-0.05, 0) is 52.0 Å². The molecular formula is C22H33N5O. The Morgan fingerprint density at radius 1 is 1.11 bits per heavy atom. The van der Waals surface area contributed by atoms with Gasteiger partial charge in [-0.2, -0.15) is 0 Å². The van der Waals surface area contributed by atoms with Crippen LogP contribution in [0.25, 0.3) is 11.3 Å². The summed E-state index contributed by atoms with van der Waals surface area (Å²) in [5, 5.41) is 4.18. The van der Waals surface area contributed by atoms with Gasteiger partial charge in [0.25, 0.3) is 0 Å². The third-order valence-electron chi connectivity index (χ3n) is 6.50. The molecule has 0 N–H and O–H groups in total. The Bertz CT molecular complexity index is 809. The first-order valence-corrected chi connectivity index (χ1v) is 10.8. The highest BCUT2D eigenvalue weighted by Gasteiger charge is 2.33. The van der Waals surface area contributed by atoms with E-state index in [2.05, 4.69) is 22.0 Å². The van der Waals surface area contributed by atoms with Gasteiger partial charge >= 0.3 is 0 Å². The summed E-state index contributed by atoms with van der Waals surface area (Å²) < 4.78 is 5.70. The molecule has 0 spiro atoms. The van der Waals surface area contributed by atoms with Gasteiger partial charge in [0.15, 0.2) is 5.76 Å². The molecule has 3 heterocycles. The van der Waals surface area contributed by atoms with Gasteiger partial charge in [-0.1, -0.05) is 24.4 Å². The predicted octanol–water partition coefficient (Wildman–Crippen LogP) is 4.53. The van der Waals surface area contributed by atoms with Crippen molar-refractivity contribution in [3.63, 3.8) is 0 Å². The molecule has 28 heavy (non-hydrogen) atoms. The number of hydrogen-bond acceptors (Lipinski definition) is 6. The monoisotopic (exact) mass is 383 g/mol. The Kier molecular flexibility index (Phi) is 5.67. The average Bonchev–Trinajstić information content (AvgIpc) is 3.29. The molecule has 2 fully saturated rings. The van der Waals surface area contributed by atoms with Crippen LogP contribution < -0.4 is 4.90 Å². The molecule has 1 aliphatic carbocycles. The van der Waals surface area contributed by atoms with E-state index < -0.39 is 0 Å². The zero-order chi connectivity index (χ0) is 19.7. The van der Waals surface area contributed by atoms with Crippen molar-refractivity contribution in [2.24, 2.45) is 5.92 Å². The Morgan fingerprint density at radius 2 is 1.89 bits per heavy atom. The van der Waals surface area contributed by atoms with Crippen LogP contribution in [0, 0.1) is 19.8 Å². The van der Waals surface area contributed by atoms with Gasteiger partial charge in [-0.25, -0.2) is 9.97 Å². The number of aryl methyl sites for hydroxylation is 1. The quantitative estimate of drug-likeness (QED) is 0.756. The Hall–Kier alpha value is -1.95. The molecular weight excluding hydrogens is 350 g/mol. The molecule has 0 unspecified atom stereocenters. The molecule has 1 atom stereocenters. The third kappa shape index (κ3) is 3.79. The number of anilines is 1. The van der Waals surface area contributed by atoms with Crippen molar-refractivity contribution in [2.75, 3.05) is 32.1 Å². The Labute approximate surface area is 168 Å². The van der Waals surface area contributed by atoms with Crippen LogP contribution >= 0.6 is 0 Å². The normalized spacial score (nSPS) is 21.4. The summed E-state index contributed by atoms with van der Waals surface area (Å²) in [6.07, 6.45) is 11.3. The zero-order valence-electron chi connectivity index (χ0n) is 17.7. The summed E-state index contributed by atoms with van der Waals surface area (Å²) in [7, 11) is 3.99. The maximum absolute atomic E-state index is 5.70. The minimum Gasteiger partial charge on any atom is -0.356 e. The summed E-state index contributed by atoms with van der Waals surface area (Å²) in [5.74, 6) is 2.42. The minimum absolute atomic E-state index is 0.337. The zero-order valence-corrected chi connectivity index (χ0v) is 17.7. The van der Waals surface area contributed by atoms with E-state index in [9.17, 15) is 0 Å². The SMILES string of the molecule is Cc1noc(-c2cnc(N(C)C)nc2[C@H]2CCCN2CC2CCCCC2)c1C. The highest BCUT2D eigenvalue weighted by molar-refractivity contribution is 5.65. The molecule has 2 aromatic heterocycles. The number of likely N-dealkylation sites (tertiary alicyclic amines) is 1. The lowest BCUT2D eigenvalue weighted by Crippen LogP contribution is -2.31. The molecule has 1 saturated heterocycles. The smallest absolute Gasteiger partial charge is 0.225 e. The standard InChI is InChI=1S/C22H33N5O/c1-15-16(2)25-28-21(15)18-13-23-22(26(3)4)24-20(18)19-11-8-12-27(19)14-17-9-6-5-7-10-17/h13,17,19H,5-12,14H2,1-4H3/t19-/m1/s1. The fraction of sp³-hybridized carbons (Fsp3) is 0.682. The number of nitrogens with zero attached hydrogens (tertiary/aromatic N) is 5. The van der Waals surface area contributed by atoms with Crippen molar-refractivity contribution in [3.8, 4) is 11.3 Å². The van der Waals surface area contributed by atoms with Crippen molar-refractivity contribution in [1.82, 2.24) is 20.0 Å². The van der Waals surface area contributed by atoms with E-state index in [1.54, 1.807) is 0 Å². The predicted molar refractivity (Wildman–Crippen MR) is 111 cm³/mol. The van der Waals surface area contributed by atoms with Crippen LogP contribution in [0.5, 0.6) is 0 Å². The first kappa shape index (κ1) is 19.4.